The molecule has 1 aromatic heterocycles. The van der Waals surface area contributed by atoms with Crippen molar-refractivity contribution in [3.05, 3.63) is 99.1 Å². The van der Waals surface area contributed by atoms with Crippen molar-refractivity contribution in [1.82, 2.24) is 14.5 Å². The molecule has 0 saturated carbocycles. The van der Waals surface area contributed by atoms with Crippen LogP contribution in [0.15, 0.2) is 65.5 Å². The standard InChI is InChI=1S/C29H27N3O5/c1-18-7-6-10-22-26(18)30-25(14-16-32-27(33)20-8-4-5-9-21(20)28(32)34)31(29(22)35)15-13-19-11-12-23(36-2)24(17-19)37-3/h4-12,17H,13-16H2,1-3H3. The summed E-state index contributed by atoms with van der Waals surface area (Å²) >= 11 is 0. The summed E-state index contributed by atoms with van der Waals surface area (Å²) in [6.45, 7) is 2.42. The summed E-state index contributed by atoms with van der Waals surface area (Å²) in [5.74, 6) is 1.13. The zero-order valence-electron chi connectivity index (χ0n) is 21.0. The van der Waals surface area contributed by atoms with Crippen LogP contribution in [0.4, 0.5) is 0 Å². The van der Waals surface area contributed by atoms with Gasteiger partial charge in [0.15, 0.2) is 11.5 Å². The number of para-hydroxylation sites is 1. The first-order chi connectivity index (χ1) is 17.9. The number of carbonyl (C=O) groups excluding carboxylic acids is 2. The first kappa shape index (κ1) is 24.2. The molecule has 0 radical (unpaired) electrons. The number of hydrogen-bond acceptors (Lipinski definition) is 6. The van der Waals surface area contributed by atoms with Gasteiger partial charge in [0.1, 0.15) is 5.82 Å². The lowest BCUT2D eigenvalue weighted by molar-refractivity contribution is 0.0655. The number of benzene rings is 3. The topological polar surface area (TPSA) is 90.7 Å². The summed E-state index contributed by atoms with van der Waals surface area (Å²) in [4.78, 5) is 45.4. The van der Waals surface area contributed by atoms with Crippen molar-refractivity contribution in [2.75, 3.05) is 20.8 Å². The molecule has 8 heteroatoms. The van der Waals surface area contributed by atoms with Crippen LogP contribution in [0.3, 0.4) is 0 Å². The first-order valence-corrected chi connectivity index (χ1v) is 12.1. The van der Waals surface area contributed by atoms with Gasteiger partial charge in [-0.25, -0.2) is 4.98 Å². The van der Waals surface area contributed by atoms with E-state index in [1.807, 2.05) is 37.3 Å². The number of rotatable bonds is 8. The van der Waals surface area contributed by atoms with Gasteiger partial charge in [-0.2, -0.15) is 0 Å². The fourth-order valence-electron chi connectivity index (χ4n) is 4.78. The number of ether oxygens (including phenoxy) is 2. The van der Waals surface area contributed by atoms with Crippen molar-refractivity contribution in [3.8, 4) is 11.5 Å². The van der Waals surface area contributed by atoms with Crippen molar-refractivity contribution < 1.29 is 19.1 Å². The van der Waals surface area contributed by atoms with E-state index in [1.54, 1.807) is 49.1 Å². The van der Waals surface area contributed by atoms with E-state index < -0.39 is 0 Å². The zero-order chi connectivity index (χ0) is 26.1. The Morgan fingerprint density at radius 1 is 0.784 bits per heavy atom. The lowest BCUT2D eigenvalue weighted by Crippen LogP contribution is -2.34. The molecule has 1 aliphatic heterocycles. The van der Waals surface area contributed by atoms with Crippen molar-refractivity contribution in [2.45, 2.75) is 26.3 Å². The molecule has 5 rings (SSSR count). The molecule has 2 amide bonds. The van der Waals surface area contributed by atoms with E-state index in [-0.39, 0.29) is 30.3 Å². The van der Waals surface area contributed by atoms with E-state index in [9.17, 15) is 14.4 Å². The Kier molecular flexibility index (Phi) is 6.48. The van der Waals surface area contributed by atoms with Crippen LogP contribution in [-0.2, 0) is 19.4 Å². The van der Waals surface area contributed by atoms with Crippen molar-refractivity contribution in [1.29, 1.82) is 0 Å². The number of amides is 2. The van der Waals surface area contributed by atoms with Gasteiger partial charge >= 0.3 is 0 Å². The quantitative estimate of drug-likeness (QED) is 0.344. The van der Waals surface area contributed by atoms with Gasteiger partial charge in [0.05, 0.1) is 36.2 Å². The van der Waals surface area contributed by atoms with Crippen molar-refractivity contribution in [3.63, 3.8) is 0 Å². The molecule has 0 aliphatic carbocycles. The Morgan fingerprint density at radius 3 is 2.16 bits per heavy atom. The number of aromatic nitrogens is 2. The largest absolute Gasteiger partial charge is 0.493 e. The van der Waals surface area contributed by atoms with E-state index in [1.165, 1.54) is 4.90 Å². The average molecular weight is 498 g/mol. The summed E-state index contributed by atoms with van der Waals surface area (Å²) in [6.07, 6.45) is 0.816. The number of aryl methyl sites for hydroxylation is 2. The zero-order valence-corrected chi connectivity index (χ0v) is 21.0. The molecule has 0 spiro atoms. The Labute approximate surface area is 214 Å². The van der Waals surface area contributed by atoms with Crippen LogP contribution < -0.4 is 15.0 Å². The summed E-state index contributed by atoms with van der Waals surface area (Å²) < 4.78 is 12.4. The normalized spacial score (nSPS) is 12.8. The maximum absolute atomic E-state index is 13.6. The second kappa shape index (κ2) is 9.89. The third kappa shape index (κ3) is 4.35. The van der Waals surface area contributed by atoms with Gasteiger partial charge in [0.2, 0.25) is 0 Å². The second-order valence-electron chi connectivity index (χ2n) is 8.95. The fraction of sp³-hybridized carbons (Fsp3) is 0.241. The van der Waals surface area contributed by atoms with Gasteiger partial charge in [-0.15, -0.1) is 0 Å². The summed E-state index contributed by atoms with van der Waals surface area (Å²) in [7, 11) is 3.17. The molecule has 4 aromatic rings. The Morgan fingerprint density at radius 2 is 1.49 bits per heavy atom. The summed E-state index contributed by atoms with van der Waals surface area (Å²) in [6, 6.07) is 18.0. The van der Waals surface area contributed by atoms with Gasteiger partial charge in [0, 0.05) is 19.5 Å². The smallest absolute Gasteiger partial charge is 0.261 e. The van der Waals surface area contributed by atoms with Crippen LogP contribution in [0.1, 0.15) is 37.7 Å². The fourth-order valence-corrected chi connectivity index (χ4v) is 4.78. The molecule has 1 aliphatic rings. The highest BCUT2D eigenvalue weighted by atomic mass is 16.5. The predicted octanol–water partition coefficient (Wildman–Crippen LogP) is 3.80. The lowest BCUT2D eigenvalue weighted by Gasteiger charge is -2.18. The molecule has 37 heavy (non-hydrogen) atoms. The summed E-state index contributed by atoms with van der Waals surface area (Å²) in [5.41, 5.74) is 3.16. The van der Waals surface area contributed by atoms with E-state index >= 15 is 0 Å². The van der Waals surface area contributed by atoms with E-state index in [0.717, 1.165) is 11.1 Å². The Hall–Kier alpha value is -4.46. The number of hydrogen-bond donors (Lipinski definition) is 0. The SMILES string of the molecule is COc1ccc(CCn2c(CCN3C(=O)c4ccccc4C3=O)nc3c(C)cccc3c2=O)cc1OC. The van der Waals surface area contributed by atoms with Gasteiger partial charge in [0.25, 0.3) is 17.4 Å². The van der Waals surface area contributed by atoms with Crippen LogP contribution in [0.25, 0.3) is 10.9 Å². The maximum Gasteiger partial charge on any atom is 0.261 e. The van der Waals surface area contributed by atoms with Gasteiger partial charge in [-0.1, -0.05) is 30.3 Å². The third-order valence-electron chi connectivity index (χ3n) is 6.77. The highest BCUT2D eigenvalue weighted by molar-refractivity contribution is 6.21. The minimum atomic E-state index is -0.322. The van der Waals surface area contributed by atoms with Crippen LogP contribution in [0.2, 0.25) is 0 Å². The molecular formula is C29H27N3O5. The molecular weight excluding hydrogens is 470 g/mol. The Bertz CT molecular complexity index is 1560. The van der Waals surface area contributed by atoms with E-state index in [0.29, 0.717) is 52.3 Å². The van der Waals surface area contributed by atoms with E-state index in [2.05, 4.69) is 0 Å². The predicted molar refractivity (Wildman–Crippen MR) is 140 cm³/mol. The monoisotopic (exact) mass is 497 g/mol. The molecule has 0 fully saturated rings. The molecule has 2 heterocycles. The van der Waals surface area contributed by atoms with E-state index in [4.69, 9.17) is 14.5 Å². The number of carbonyl (C=O) groups is 2. The molecule has 0 N–H and O–H groups in total. The first-order valence-electron chi connectivity index (χ1n) is 12.1. The molecule has 188 valence electrons. The van der Waals surface area contributed by atoms with Gasteiger partial charge < -0.3 is 9.47 Å². The second-order valence-corrected chi connectivity index (χ2v) is 8.95. The van der Waals surface area contributed by atoms with Crippen LogP contribution in [0, 0.1) is 6.92 Å². The van der Waals surface area contributed by atoms with Gasteiger partial charge in [-0.3, -0.25) is 23.9 Å². The number of imide groups is 1. The number of methoxy groups -OCH3 is 2. The van der Waals surface area contributed by atoms with Crippen LogP contribution in [-0.4, -0.2) is 47.0 Å². The molecule has 0 unspecified atom stereocenters. The highest BCUT2D eigenvalue weighted by Crippen LogP contribution is 2.28. The third-order valence-corrected chi connectivity index (χ3v) is 6.77. The van der Waals surface area contributed by atoms with Crippen molar-refractivity contribution in [2.24, 2.45) is 0 Å². The molecule has 3 aromatic carbocycles. The molecule has 0 atom stereocenters. The van der Waals surface area contributed by atoms with Crippen LogP contribution >= 0.6 is 0 Å². The Balaban J connectivity index is 1.47. The van der Waals surface area contributed by atoms with Gasteiger partial charge in [-0.05, 0) is 54.8 Å². The minimum Gasteiger partial charge on any atom is -0.493 e. The molecule has 8 nitrogen and oxygen atoms in total. The van der Waals surface area contributed by atoms with Crippen LogP contribution in [0.5, 0.6) is 11.5 Å². The lowest BCUT2D eigenvalue weighted by atomic mass is 10.1. The highest BCUT2D eigenvalue weighted by Gasteiger charge is 2.35. The average Bonchev–Trinajstić information content (AvgIpc) is 3.16. The summed E-state index contributed by atoms with van der Waals surface area (Å²) in [5, 5.41) is 0.539. The molecule has 0 saturated heterocycles. The molecule has 0 bridgehead atoms. The van der Waals surface area contributed by atoms with Crippen molar-refractivity contribution >= 4 is 22.7 Å². The maximum atomic E-state index is 13.6. The number of nitrogens with zero attached hydrogens (tertiary/aromatic N) is 3. The minimum absolute atomic E-state index is 0.131. The number of fused-ring (bicyclic) bond motifs is 2.